The van der Waals surface area contributed by atoms with Gasteiger partial charge < -0.3 is 14.4 Å². The molecule has 2 aromatic heterocycles. The first-order valence-corrected chi connectivity index (χ1v) is 13.3. The van der Waals surface area contributed by atoms with Gasteiger partial charge in [0.1, 0.15) is 18.0 Å². The normalized spacial score (nSPS) is 14.6. The summed E-state index contributed by atoms with van der Waals surface area (Å²) in [7, 11) is 1.78. The number of thiophene rings is 1. The standard InChI is InChI=1S/C25H27N3O4S2/c1-3-10-28-24(30)22-17-6-4-5-7-20(17)34-23(22)26-25(28)33-15-21(29)27(2)14-16-8-9-18-19(13-16)32-12-11-31-18/h3,8-9,13H,1,4-7,10-12,14-15H2,2H3. The van der Waals surface area contributed by atoms with Crippen molar-refractivity contribution in [2.24, 2.45) is 0 Å². The first-order chi connectivity index (χ1) is 16.5. The highest BCUT2D eigenvalue weighted by atomic mass is 32.2. The molecule has 0 saturated heterocycles. The summed E-state index contributed by atoms with van der Waals surface area (Å²) in [4.78, 5) is 34.8. The molecule has 7 nitrogen and oxygen atoms in total. The highest BCUT2D eigenvalue weighted by Gasteiger charge is 2.23. The van der Waals surface area contributed by atoms with E-state index in [1.54, 1.807) is 33.9 Å². The Balaban J connectivity index is 1.32. The fraction of sp³-hybridized carbons (Fsp3) is 0.400. The lowest BCUT2D eigenvalue weighted by molar-refractivity contribution is -0.127. The van der Waals surface area contributed by atoms with Crippen LogP contribution in [-0.4, -0.2) is 46.4 Å². The third kappa shape index (κ3) is 4.46. The fourth-order valence-electron chi connectivity index (χ4n) is 4.40. The van der Waals surface area contributed by atoms with Gasteiger partial charge in [-0.1, -0.05) is 23.9 Å². The van der Waals surface area contributed by atoms with Crippen LogP contribution in [0.5, 0.6) is 11.5 Å². The number of allylic oxidation sites excluding steroid dienone is 1. The second-order valence-corrected chi connectivity index (χ2v) is 10.5. The number of aromatic nitrogens is 2. The van der Waals surface area contributed by atoms with Crippen molar-refractivity contribution < 1.29 is 14.3 Å². The van der Waals surface area contributed by atoms with Gasteiger partial charge in [-0.05, 0) is 48.9 Å². The zero-order valence-corrected chi connectivity index (χ0v) is 20.8. The molecule has 0 fully saturated rings. The molecule has 0 spiro atoms. The quantitative estimate of drug-likeness (QED) is 0.279. The van der Waals surface area contributed by atoms with Crippen molar-refractivity contribution in [2.75, 3.05) is 26.0 Å². The summed E-state index contributed by atoms with van der Waals surface area (Å²) in [6, 6.07) is 5.74. The smallest absolute Gasteiger partial charge is 0.263 e. The number of nitrogens with zero attached hydrogens (tertiary/aromatic N) is 3. The second kappa shape index (κ2) is 9.84. The van der Waals surface area contributed by atoms with Gasteiger partial charge in [0, 0.05) is 25.0 Å². The molecule has 178 valence electrons. The highest BCUT2D eigenvalue weighted by molar-refractivity contribution is 7.99. The monoisotopic (exact) mass is 497 g/mol. The van der Waals surface area contributed by atoms with E-state index in [1.165, 1.54) is 22.2 Å². The molecule has 0 N–H and O–H groups in total. The van der Waals surface area contributed by atoms with E-state index in [0.29, 0.717) is 37.2 Å². The first-order valence-electron chi connectivity index (χ1n) is 11.5. The minimum absolute atomic E-state index is 0.0242. The van der Waals surface area contributed by atoms with Crippen molar-refractivity contribution in [3.05, 3.63) is 57.2 Å². The summed E-state index contributed by atoms with van der Waals surface area (Å²) in [5, 5.41) is 1.32. The number of fused-ring (bicyclic) bond motifs is 4. The molecule has 0 bridgehead atoms. The Kier molecular flexibility index (Phi) is 6.65. The van der Waals surface area contributed by atoms with E-state index in [2.05, 4.69) is 6.58 Å². The Hall–Kier alpha value is -2.78. The molecule has 0 saturated carbocycles. The van der Waals surface area contributed by atoms with Crippen LogP contribution in [0.15, 0.2) is 40.8 Å². The van der Waals surface area contributed by atoms with Crippen LogP contribution in [0.3, 0.4) is 0 Å². The molecule has 2 aliphatic rings. The van der Waals surface area contributed by atoms with Crippen molar-refractivity contribution in [3.8, 4) is 11.5 Å². The summed E-state index contributed by atoms with van der Waals surface area (Å²) in [5.41, 5.74) is 2.12. The summed E-state index contributed by atoms with van der Waals surface area (Å²) in [5.74, 6) is 1.60. The number of rotatable bonds is 7. The predicted octanol–water partition coefficient (Wildman–Crippen LogP) is 4.04. The predicted molar refractivity (Wildman–Crippen MR) is 135 cm³/mol. The molecule has 0 unspecified atom stereocenters. The number of ether oxygens (including phenoxy) is 2. The molecule has 1 aromatic carbocycles. The molecule has 34 heavy (non-hydrogen) atoms. The molecular formula is C25H27N3O4S2. The lowest BCUT2D eigenvalue weighted by atomic mass is 9.97. The van der Waals surface area contributed by atoms with Crippen molar-refractivity contribution >= 4 is 39.2 Å². The summed E-state index contributed by atoms with van der Waals surface area (Å²) in [6.07, 6.45) is 5.93. The van der Waals surface area contributed by atoms with Gasteiger partial charge in [-0.25, -0.2) is 4.98 Å². The number of amides is 1. The van der Waals surface area contributed by atoms with Crippen LogP contribution < -0.4 is 15.0 Å². The SMILES string of the molecule is C=CCn1c(SCC(=O)N(C)Cc2ccc3c(c2)OCCO3)nc2sc3c(c2c1=O)CCCC3. The Bertz CT molecular complexity index is 1310. The summed E-state index contributed by atoms with van der Waals surface area (Å²) >= 11 is 2.93. The lowest BCUT2D eigenvalue weighted by Crippen LogP contribution is -2.29. The van der Waals surface area contributed by atoms with Crippen LogP contribution in [0.1, 0.15) is 28.8 Å². The fourth-order valence-corrected chi connectivity index (χ4v) is 6.66. The Morgan fingerprint density at radius 3 is 2.88 bits per heavy atom. The number of aryl methyl sites for hydroxylation is 2. The lowest BCUT2D eigenvalue weighted by Gasteiger charge is -2.21. The van der Waals surface area contributed by atoms with Gasteiger partial charge in [-0.15, -0.1) is 17.9 Å². The zero-order chi connectivity index (χ0) is 23.7. The van der Waals surface area contributed by atoms with Gasteiger partial charge in [-0.3, -0.25) is 14.2 Å². The molecule has 1 aliphatic heterocycles. The molecule has 5 rings (SSSR count). The van der Waals surface area contributed by atoms with Crippen molar-refractivity contribution in [1.29, 1.82) is 0 Å². The number of benzene rings is 1. The van der Waals surface area contributed by atoms with E-state index in [-0.39, 0.29) is 17.2 Å². The number of thioether (sulfide) groups is 1. The number of hydrogen-bond donors (Lipinski definition) is 0. The Morgan fingerprint density at radius 2 is 2.06 bits per heavy atom. The van der Waals surface area contributed by atoms with Gasteiger partial charge in [0.25, 0.3) is 5.56 Å². The van der Waals surface area contributed by atoms with Crippen molar-refractivity contribution in [1.82, 2.24) is 14.5 Å². The molecule has 1 aliphatic carbocycles. The van der Waals surface area contributed by atoms with Gasteiger partial charge in [-0.2, -0.15) is 0 Å². The van der Waals surface area contributed by atoms with E-state index in [0.717, 1.165) is 47.2 Å². The van der Waals surface area contributed by atoms with Crippen molar-refractivity contribution in [2.45, 2.75) is 43.9 Å². The van der Waals surface area contributed by atoms with E-state index >= 15 is 0 Å². The largest absolute Gasteiger partial charge is 0.486 e. The summed E-state index contributed by atoms with van der Waals surface area (Å²) in [6.45, 7) is 5.71. The van der Waals surface area contributed by atoms with E-state index in [1.807, 2.05) is 18.2 Å². The van der Waals surface area contributed by atoms with Crippen LogP contribution >= 0.6 is 23.1 Å². The van der Waals surface area contributed by atoms with E-state index in [9.17, 15) is 9.59 Å². The Labute approximate surface area is 206 Å². The van der Waals surface area contributed by atoms with Crippen LogP contribution in [0.4, 0.5) is 0 Å². The maximum absolute atomic E-state index is 13.4. The minimum atomic E-state index is -0.0372. The highest BCUT2D eigenvalue weighted by Crippen LogP contribution is 2.35. The van der Waals surface area contributed by atoms with Gasteiger partial charge in [0.2, 0.25) is 5.91 Å². The average molecular weight is 498 g/mol. The molecule has 1 amide bonds. The molecular weight excluding hydrogens is 470 g/mol. The minimum Gasteiger partial charge on any atom is -0.486 e. The van der Waals surface area contributed by atoms with Crippen LogP contribution in [0, 0.1) is 0 Å². The van der Waals surface area contributed by atoms with E-state index in [4.69, 9.17) is 14.5 Å². The van der Waals surface area contributed by atoms with Gasteiger partial charge in [0.15, 0.2) is 16.7 Å². The first kappa shape index (κ1) is 23.0. The topological polar surface area (TPSA) is 73.7 Å². The maximum atomic E-state index is 13.4. The molecule has 3 heterocycles. The van der Waals surface area contributed by atoms with E-state index < -0.39 is 0 Å². The zero-order valence-electron chi connectivity index (χ0n) is 19.2. The summed E-state index contributed by atoms with van der Waals surface area (Å²) < 4.78 is 12.9. The van der Waals surface area contributed by atoms with Crippen LogP contribution in [0.2, 0.25) is 0 Å². The van der Waals surface area contributed by atoms with Gasteiger partial charge >= 0.3 is 0 Å². The van der Waals surface area contributed by atoms with Crippen LogP contribution in [-0.2, 0) is 30.7 Å². The maximum Gasteiger partial charge on any atom is 0.263 e. The van der Waals surface area contributed by atoms with Gasteiger partial charge in [0.05, 0.1) is 11.1 Å². The third-order valence-corrected chi connectivity index (χ3v) is 8.28. The molecule has 9 heteroatoms. The van der Waals surface area contributed by atoms with Crippen molar-refractivity contribution in [3.63, 3.8) is 0 Å². The molecule has 3 aromatic rings. The third-order valence-electron chi connectivity index (χ3n) is 6.13. The number of carbonyl (C=O) groups is 1. The number of hydrogen-bond acceptors (Lipinski definition) is 7. The average Bonchev–Trinajstić information content (AvgIpc) is 3.23. The molecule has 0 radical (unpaired) electrons. The Morgan fingerprint density at radius 1 is 1.26 bits per heavy atom. The number of carbonyl (C=O) groups excluding carboxylic acids is 1. The molecule has 0 atom stereocenters. The second-order valence-electron chi connectivity index (χ2n) is 8.51. The van der Waals surface area contributed by atoms with Crippen LogP contribution in [0.25, 0.3) is 10.2 Å².